The molecule has 0 unspecified atom stereocenters. The average molecular weight is 319 g/mol. The fourth-order valence-corrected chi connectivity index (χ4v) is 3.21. The second-order valence-electron chi connectivity index (χ2n) is 5.10. The van der Waals surface area contributed by atoms with Gasteiger partial charge in [0, 0.05) is 22.5 Å². The summed E-state index contributed by atoms with van der Waals surface area (Å²) < 4.78 is 0. The largest absolute Gasteiger partial charge is 0.346 e. The van der Waals surface area contributed by atoms with Crippen molar-refractivity contribution in [2.75, 3.05) is 5.33 Å². The van der Waals surface area contributed by atoms with Crippen molar-refractivity contribution in [3.05, 3.63) is 42.1 Å². The third-order valence-corrected chi connectivity index (χ3v) is 4.91. The number of carbonyl (C=O) groups excluding carboxylic acids is 1. The fourth-order valence-electron chi connectivity index (χ4n) is 2.51. The highest BCUT2D eigenvalue weighted by atomic mass is 79.9. The van der Waals surface area contributed by atoms with E-state index in [-0.39, 0.29) is 11.4 Å². The van der Waals surface area contributed by atoms with Gasteiger partial charge in [-0.15, -0.1) is 0 Å². The van der Waals surface area contributed by atoms with Crippen molar-refractivity contribution in [2.45, 2.75) is 24.8 Å². The predicted octanol–water partition coefficient (Wildman–Crippen LogP) is 3.28. The molecule has 1 aliphatic rings. The predicted molar refractivity (Wildman–Crippen MR) is 79.6 cm³/mol. The number of carbonyl (C=O) groups is 1. The van der Waals surface area contributed by atoms with Crippen LogP contribution in [0, 0.1) is 0 Å². The van der Waals surface area contributed by atoms with Crippen LogP contribution in [0.2, 0.25) is 0 Å². The zero-order chi connectivity index (χ0) is 13.3. The van der Waals surface area contributed by atoms with Gasteiger partial charge in [0.05, 0.1) is 11.1 Å². The molecule has 1 heterocycles. The minimum atomic E-state index is -0.0541. The van der Waals surface area contributed by atoms with E-state index in [1.165, 1.54) is 6.42 Å². The molecule has 4 heteroatoms. The lowest BCUT2D eigenvalue weighted by molar-refractivity contribution is 0.0858. The zero-order valence-corrected chi connectivity index (χ0v) is 12.1. The van der Waals surface area contributed by atoms with E-state index in [1.54, 1.807) is 6.20 Å². The number of hydrogen-bond acceptors (Lipinski definition) is 2. The molecule has 1 aromatic carbocycles. The van der Waals surface area contributed by atoms with Crippen LogP contribution < -0.4 is 5.32 Å². The Morgan fingerprint density at radius 1 is 1.32 bits per heavy atom. The van der Waals surface area contributed by atoms with Crippen LogP contribution in [0.1, 0.15) is 29.6 Å². The first kappa shape index (κ1) is 12.6. The van der Waals surface area contributed by atoms with Gasteiger partial charge in [-0.05, 0) is 37.5 Å². The topological polar surface area (TPSA) is 42.0 Å². The number of benzene rings is 1. The Bertz CT molecular complexity index is 612. The van der Waals surface area contributed by atoms with Gasteiger partial charge in [0.15, 0.2) is 0 Å². The molecule has 0 aliphatic heterocycles. The zero-order valence-electron chi connectivity index (χ0n) is 10.5. The molecule has 1 saturated carbocycles. The van der Waals surface area contributed by atoms with Crippen molar-refractivity contribution >= 4 is 32.7 Å². The number of fused-ring (bicyclic) bond motifs is 1. The van der Waals surface area contributed by atoms with Crippen LogP contribution in [0.4, 0.5) is 0 Å². The van der Waals surface area contributed by atoms with E-state index in [1.807, 2.05) is 30.3 Å². The molecular weight excluding hydrogens is 304 g/mol. The van der Waals surface area contributed by atoms with Crippen LogP contribution in [-0.4, -0.2) is 21.8 Å². The first-order valence-corrected chi connectivity index (χ1v) is 7.58. The van der Waals surface area contributed by atoms with Gasteiger partial charge in [0.25, 0.3) is 5.91 Å². The molecule has 0 bridgehead atoms. The van der Waals surface area contributed by atoms with Gasteiger partial charge in [0.2, 0.25) is 0 Å². The van der Waals surface area contributed by atoms with Gasteiger partial charge >= 0.3 is 0 Å². The number of amides is 1. The van der Waals surface area contributed by atoms with E-state index < -0.39 is 0 Å². The second-order valence-corrected chi connectivity index (χ2v) is 5.66. The number of aromatic nitrogens is 1. The van der Waals surface area contributed by atoms with E-state index in [9.17, 15) is 4.79 Å². The summed E-state index contributed by atoms with van der Waals surface area (Å²) in [6.07, 6.45) is 5.03. The molecule has 1 fully saturated rings. The Hall–Kier alpha value is -1.42. The molecule has 98 valence electrons. The van der Waals surface area contributed by atoms with Crippen molar-refractivity contribution in [3.8, 4) is 0 Å². The number of hydrogen-bond donors (Lipinski definition) is 1. The molecule has 0 atom stereocenters. The smallest absolute Gasteiger partial charge is 0.252 e. The van der Waals surface area contributed by atoms with Gasteiger partial charge in [-0.25, -0.2) is 0 Å². The summed E-state index contributed by atoms with van der Waals surface area (Å²) in [5.41, 5.74) is 1.51. The Morgan fingerprint density at radius 3 is 2.84 bits per heavy atom. The van der Waals surface area contributed by atoms with E-state index in [0.717, 1.165) is 29.1 Å². The summed E-state index contributed by atoms with van der Waals surface area (Å²) in [4.78, 5) is 16.8. The molecule has 0 saturated heterocycles. The highest BCUT2D eigenvalue weighted by molar-refractivity contribution is 9.09. The molecule has 0 spiro atoms. The summed E-state index contributed by atoms with van der Waals surface area (Å²) in [7, 11) is 0. The molecule has 2 aromatic rings. The molecule has 3 nitrogen and oxygen atoms in total. The minimum Gasteiger partial charge on any atom is -0.346 e. The number of pyridine rings is 1. The van der Waals surface area contributed by atoms with Crippen LogP contribution in [-0.2, 0) is 0 Å². The third kappa shape index (κ3) is 2.25. The first-order valence-electron chi connectivity index (χ1n) is 6.46. The Morgan fingerprint density at radius 2 is 2.16 bits per heavy atom. The quantitative estimate of drug-likeness (QED) is 0.882. The van der Waals surface area contributed by atoms with Crippen molar-refractivity contribution in [2.24, 2.45) is 0 Å². The number of nitrogens with one attached hydrogen (secondary N) is 1. The third-order valence-electron chi connectivity index (χ3n) is 3.84. The number of rotatable bonds is 3. The maximum atomic E-state index is 12.5. The van der Waals surface area contributed by atoms with E-state index in [4.69, 9.17) is 0 Å². The van der Waals surface area contributed by atoms with Gasteiger partial charge in [0.1, 0.15) is 0 Å². The van der Waals surface area contributed by atoms with Crippen LogP contribution >= 0.6 is 15.9 Å². The molecule has 19 heavy (non-hydrogen) atoms. The summed E-state index contributed by atoms with van der Waals surface area (Å²) in [6.45, 7) is 0. The lowest BCUT2D eigenvalue weighted by atomic mass is 9.78. The van der Waals surface area contributed by atoms with E-state index in [2.05, 4.69) is 26.2 Å². The van der Waals surface area contributed by atoms with Crippen LogP contribution in [0.3, 0.4) is 0 Å². The Balaban J connectivity index is 1.93. The van der Waals surface area contributed by atoms with Gasteiger partial charge in [-0.3, -0.25) is 9.78 Å². The average Bonchev–Trinajstić information content (AvgIpc) is 2.42. The lowest BCUT2D eigenvalue weighted by Crippen LogP contribution is -2.54. The Labute approximate surface area is 120 Å². The molecule has 1 aromatic heterocycles. The molecule has 1 N–H and O–H groups in total. The van der Waals surface area contributed by atoms with Crippen LogP contribution in [0.25, 0.3) is 10.9 Å². The normalized spacial score (nSPS) is 16.9. The SMILES string of the molecule is O=C(NC1(CBr)CCC1)c1cccc2ncccc12. The summed E-state index contributed by atoms with van der Waals surface area (Å²) >= 11 is 3.51. The standard InChI is InChI=1S/C15H15BrN2O/c16-10-15(7-3-8-15)18-14(19)12-4-1-6-13-11(12)5-2-9-17-13/h1-2,4-6,9H,3,7-8,10H2,(H,18,19). The maximum absolute atomic E-state index is 12.5. The summed E-state index contributed by atoms with van der Waals surface area (Å²) in [5.74, 6) is -0.00208. The highest BCUT2D eigenvalue weighted by Crippen LogP contribution is 2.34. The van der Waals surface area contributed by atoms with Crippen molar-refractivity contribution < 1.29 is 4.79 Å². The monoisotopic (exact) mass is 318 g/mol. The number of alkyl halides is 1. The van der Waals surface area contributed by atoms with Gasteiger partial charge in [-0.1, -0.05) is 28.1 Å². The highest BCUT2D eigenvalue weighted by Gasteiger charge is 2.37. The fraction of sp³-hybridized carbons (Fsp3) is 0.333. The van der Waals surface area contributed by atoms with Crippen LogP contribution in [0.15, 0.2) is 36.5 Å². The maximum Gasteiger partial charge on any atom is 0.252 e. The molecule has 1 amide bonds. The van der Waals surface area contributed by atoms with Crippen molar-refractivity contribution in [3.63, 3.8) is 0 Å². The minimum absolute atomic E-state index is 0.00208. The number of halogens is 1. The molecule has 1 aliphatic carbocycles. The molecule has 3 rings (SSSR count). The molecular formula is C15H15BrN2O. The van der Waals surface area contributed by atoms with Crippen molar-refractivity contribution in [1.29, 1.82) is 0 Å². The lowest BCUT2D eigenvalue weighted by Gasteiger charge is -2.41. The second kappa shape index (κ2) is 4.93. The molecule has 0 radical (unpaired) electrons. The first-order chi connectivity index (χ1) is 9.24. The van der Waals surface area contributed by atoms with Gasteiger partial charge in [-0.2, -0.15) is 0 Å². The summed E-state index contributed by atoms with van der Waals surface area (Å²) in [5, 5.41) is 4.90. The van der Waals surface area contributed by atoms with E-state index >= 15 is 0 Å². The van der Waals surface area contributed by atoms with Crippen LogP contribution in [0.5, 0.6) is 0 Å². The summed E-state index contributed by atoms with van der Waals surface area (Å²) in [6, 6.07) is 9.48. The van der Waals surface area contributed by atoms with E-state index in [0.29, 0.717) is 5.56 Å². The number of nitrogens with zero attached hydrogens (tertiary/aromatic N) is 1. The Kier molecular flexibility index (Phi) is 3.27. The van der Waals surface area contributed by atoms with Gasteiger partial charge < -0.3 is 5.32 Å². The van der Waals surface area contributed by atoms with Crippen molar-refractivity contribution in [1.82, 2.24) is 10.3 Å².